The SMILES string of the molecule is CCOc1ccc(-c2noc(CCC(=O)NC(C)c3ccc4c(c3)OCCO4)n2)cc1. The lowest BCUT2D eigenvalue weighted by Gasteiger charge is -2.21. The molecular weight excluding hydrogens is 398 g/mol. The van der Waals surface area contributed by atoms with Crippen molar-refractivity contribution in [3.63, 3.8) is 0 Å². The van der Waals surface area contributed by atoms with Crippen LogP contribution in [-0.2, 0) is 11.2 Å². The molecule has 1 atom stereocenters. The standard InChI is InChI=1S/C23H25N3O5/c1-3-28-18-7-4-16(5-8-18)23-25-22(31-26-23)11-10-21(27)24-15(2)17-6-9-19-20(14-17)30-13-12-29-19/h4-9,14-15H,3,10-13H2,1-2H3,(H,24,27). The summed E-state index contributed by atoms with van der Waals surface area (Å²) in [5, 5.41) is 7.00. The van der Waals surface area contributed by atoms with Gasteiger partial charge in [-0.15, -0.1) is 0 Å². The maximum Gasteiger partial charge on any atom is 0.227 e. The summed E-state index contributed by atoms with van der Waals surface area (Å²) in [5.74, 6) is 3.04. The third-order valence-electron chi connectivity index (χ3n) is 4.90. The molecule has 3 aromatic rings. The van der Waals surface area contributed by atoms with Crippen molar-refractivity contribution < 1.29 is 23.5 Å². The van der Waals surface area contributed by atoms with Crippen LogP contribution in [0.5, 0.6) is 17.2 Å². The maximum atomic E-state index is 12.4. The minimum atomic E-state index is -0.162. The lowest BCUT2D eigenvalue weighted by molar-refractivity contribution is -0.121. The smallest absolute Gasteiger partial charge is 0.227 e. The topological polar surface area (TPSA) is 95.7 Å². The molecule has 1 N–H and O–H groups in total. The summed E-state index contributed by atoms with van der Waals surface area (Å²) in [6.45, 7) is 5.56. The number of carbonyl (C=O) groups is 1. The number of amides is 1. The third-order valence-corrected chi connectivity index (χ3v) is 4.90. The molecule has 1 aliphatic rings. The first-order valence-corrected chi connectivity index (χ1v) is 10.4. The number of hydrogen-bond acceptors (Lipinski definition) is 7. The van der Waals surface area contributed by atoms with Gasteiger partial charge >= 0.3 is 0 Å². The lowest BCUT2D eigenvalue weighted by Crippen LogP contribution is -2.27. The van der Waals surface area contributed by atoms with Crippen LogP contribution in [0, 0.1) is 0 Å². The Morgan fingerprint density at radius 1 is 1.13 bits per heavy atom. The van der Waals surface area contributed by atoms with Gasteiger partial charge in [0.05, 0.1) is 12.6 Å². The maximum absolute atomic E-state index is 12.4. The van der Waals surface area contributed by atoms with Gasteiger partial charge in [-0.1, -0.05) is 11.2 Å². The Morgan fingerprint density at radius 2 is 1.90 bits per heavy atom. The average molecular weight is 423 g/mol. The molecule has 2 heterocycles. The van der Waals surface area contributed by atoms with E-state index in [-0.39, 0.29) is 18.4 Å². The van der Waals surface area contributed by atoms with E-state index >= 15 is 0 Å². The van der Waals surface area contributed by atoms with E-state index in [0.29, 0.717) is 43.7 Å². The van der Waals surface area contributed by atoms with Crippen molar-refractivity contribution in [3.05, 3.63) is 53.9 Å². The molecule has 4 rings (SSSR count). The number of benzene rings is 2. The molecule has 0 aliphatic carbocycles. The number of rotatable bonds is 8. The molecule has 1 aliphatic heterocycles. The summed E-state index contributed by atoms with van der Waals surface area (Å²) < 4.78 is 21.9. The largest absolute Gasteiger partial charge is 0.494 e. The van der Waals surface area contributed by atoms with Crippen LogP contribution in [0.25, 0.3) is 11.4 Å². The van der Waals surface area contributed by atoms with Crippen molar-refractivity contribution in [3.8, 4) is 28.6 Å². The van der Waals surface area contributed by atoms with Gasteiger partial charge in [-0.3, -0.25) is 4.79 Å². The Kier molecular flexibility index (Phi) is 6.35. The lowest BCUT2D eigenvalue weighted by atomic mass is 10.1. The zero-order valence-electron chi connectivity index (χ0n) is 17.6. The van der Waals surface area contributed by atoms with E-state index in [1.807, 2.05) is 56.3 Å². The second-order valence-electron chi connectivity index (χ2n) is 7.16. The highest BCUT2D eigenvalue weighted by Gasteiger charge is 2.17. The van der Waals surface area contributed by atoms with E-state index in [0.717, 1.165) is 22.6 Å². The highest BCUT2D eigenvalue weighted by atomic mass is 16.6. The summed E-state index contributed by atoms with van der Waals surface area (Å²) in [7, 11) is 0. The average Bonchev–Trinajstić information content (AvgIpc) is 3.27. The number of fused-ring (bicyclic) bond motifs is 1. The van der Waals surface area contributed by atoms with Gasteiger partial charge in [0.1, 0.15) is 19.0 Å². The van der Waals surface area contributed by atoms with Crippen LogP contribution in [0.4, 0.5) is 0 Å². The van der Waals surface area contributed by atoms with Crippen LogP contribution in [0.15, 0.2) is 47.0 Å². The molecule has 0 saturated heterocycles. The third kappa shape index (κ3) is 5.14. The predicted octanol–water partition coefficient (Wildman–Crippen LogP) is 3.72. The summed E-state index contributed by atoms with van der Waals surface area (Å²) in [6, 6.07) is 13.0. The number of nitrogens with one attached hydrogen (secondary N) is 1. The molecule has 1 amide bonds. The van der Waals surface area contributed by atoms with Crippen molar-refractivity contribution in [2.75, 3.05) is 19.8 Å². The zero-order valence-corrected chi connectivity index (χ0v) is 17.6. The molecule has 0 fully saturated rings. The molecule has 0 spiro atoms. The van der Waals surface area contributed by atoms with E-state index in [4.69, 9.17) is 18.7 Å². The number of carbonyl (C=O) groups excluding carboxylic acids is 1. The Morgan fingerprint density at radius 3 is 2.68 bits per heavy atom. The van der Waals surface area contributed by atoms with Gasteiger partial charge in [-0.25, -0.2) is 0 Å². The molecule has 2 aromatic carbocycles. The van der Waals surface area contributed by atoms with E-state index in [1.54, 1.807) is 0 Å². The van der Waals surface area contributed by atoms with Crippen LogP contribution >= 0.6 is 0 Å². The Balaban J connectivity index is 1.30. The molecule has 1 aromatic heterocycles. The van der Waals surface area contributed by atoms with Crippen molar-refractivity contribution >= 4 is 5.91 Å². The van der Waals surface area contributed by atoms with Crippen LogP contribution < -0.4 is 19.5 Å². The van der Waals surface area contributed by atoms with Crippen molar-refractivity contribution in [2.45, 2.75) is 32.7 Å². The van der Waals surface area contributed by atoms with Gasteiger partial charge in [0.15, 0.2) is 11.5 Å². The molecule has 8 heteroatoms. The molecule has 0 saturated carbocycles. The van der Waals surface area contributed by atoms with E-state index in [2.05, 4.69) is 15.5 Å². The molecule has 0 radical (unpaired) electrons. The molecule has 162 valence electrons. The number of aryl methyl sites for hydroxylation is 1. The van der Waals surface area contributed by atoms with Gasteiger partial charge in [0.25, 0.3) is 0 Å². The normalized spacial score (nSPS) is 13.5. The van der Waals surface area contributed by atoms with Gasteiger partial charge in [0, 0.05) is 18.4 Å². The Bertz CT molecular complexity index is 1030. The molecule has 8 nitrogen and oxygen atoms in total. The summed E-state index contributed by atoms with van der Waals surface area (Å²) >= 11 is 0. The minimum Gasteiger partial charge on any atom is -0.494 e. The van der Waals surface area contributed by atoms with Crippen LogP contribution in [0.1, 0.15) is 37.8 Å². The summed E-state index contributed by atoms with van der Waals surface area (Å²) in [4.78, 5) is 16.8. The quantitative estimate of drug-likeness (QED) is 0.590. The predicted molar refractivity (Wildman–Crippen MR) is 113 cm³/mol. The molecule has 1 unspecified atom stereocenters. The molecular formula is C23H25N3O5. The number of ether oxygens (including phenoxy) is 3. The first-order valence-electron chi connectivity index (χ1n) is 10.4. The van der Waals surface area contributed by atoms with Gasteiger partial charge < -0.3 is 24.1 Å². The van der Waals surface area contributed by atoms with Gasteiger partial charge in [-0.05, 0) is 55.8 Å². The highest BCUT2D eigenvalue weighted by Crippen LogP contribution is 2.32. The number of hydrogen-bond donors (Lipinski definition) is 1. The van der Waals surface area contributed by atoms with E-state index in [9.17, 15) is 4.79 Å². The second kappa shape index (κ2) is 9.51. The fraction of sp³-hybridized carbons (Fsp3) is 0.348. The molecule has 0 bridgehead atoms. The first-order chi connectivity index (χ1) is 15.1. The summed E-state index contributed by atoms with van der Waals surface area (Å²) in [5.41, 5.74) is 1.78. The highest BCUT2D eigenvalue weighted by molar-refractivity contribution is 5.76. The zero-order chi connectivity index (χ0) is 21.6. The fourth-order valence-corrected chi connectivity index (χ4v) is 3.29. The van der Waals surface area contributed by atoms with Crippen LogP contribution in [0.2, 0.25) is 0 Å². The summed E-state index contributed by atoms with van der Waals surface area (Å²) in [6.07, 6.45) is 0.615. The van der Waals surface area contributed by atoms with Crippen molar-refractivity contribution in [2.24, 2.45) is 0 Å². The minimum absolute atomic E-state index is 0.0943. The second-order valence-corrected chi connectivity index (χ2v) is 7.16. The van der Waals surface area contributed by atoms with Gasteiger partial charge in [-0.2, -0.15) is 4.98 Å². The van der Waals surface area contributed by atoms with Gasteiger partial charge in [0.2, 0.25) is 17.6 Å². The van der Waals surface area contributed by atoms with E-state index < -0.39 is 0 Å². The monoisotopic (exact) mass is 423 g/mol. The Hall–Kier alpha value is -3.55. The van der Waals surface area contributed by atoms with E-state index in [1.165, 1.54) is 0 Å². The fourth-order valence-electron chi connectivity index (χ4n) is 3.29. The number of nitrogens with zero attached hydrogens (tertiary/aromatic N) is 2. The molecule has 31 heavy (non-hydrogen) atoms. The van der Waals surface area contributed by atoms with Crippen molar-refractivity contribution in [1.82, 2.24) is 15.5 Å². The van der Waals surface area contributed by atoms with Crippen LogP contribution in [0.3, 0.4) is 0 Å². The first kappa shape index (κ1) is 20.7. The van der Waals surface area contributed by atoms with Crippen LogP contribution in [-0.4, -0.2) is 35.9 Å². The van der Waals surface area contributed by atoms with Crippen molar-refractivity contribution in [1.29, 1.82) is 0 Å². The Labute approximate surface area is 180 Å². The number of aromatic nitrogens is 2.